The Balaban J connectivity index is 2.37. The maximum atomic E-state index is 12.1. The number of hydrogen-bond acceptors (Lipinski definition) is 4. The van der Waals surface area contributed by atoms with Crippen LogP contribution in [0.15, 0.2) is 24.3 Å². The summed E-state index contributed by atoms with van der Waals surface area (Å²) in [6.07, 6.45) is -0.694. The molecule has 0 saturated carbocycles. The van der Waals surface area contributed by atoms with Crippen LogP contribution in [0.25, 0.3) is 0 Å². The Bertz CT molecular complexity index is 545. The Morgan fingerprint density at radius 1 is 1.22 bits per heavy atom. The Hall–Kier alpha value is -2.38. The molecule has 6 nitrogen and oxygen atoms in total. The highest BCUT2D eigenvalue weighted by molar-refractivity contribution is 5.82. The maximum absolute atomic E-state index is 12.1. The van der Waals surface area contributed by atoms with Crippen LogP contribution >= 0.6 is 0 Å². The molecule has 0 bridgehead atoms. The van der Waals surface area contributed by atoms with Gasteiger partial charge in [-0.05, 0) is 38.5 Å². The minimum absolute atomic E-state index is 0.0126. The standard InChI is InChI=1S/C15H20F2N2O4/c1-15(2,3)23-14(21)19-9-12(20)18-8-10-5-4-6-11(7-10)22-13(16)17/h4-7,13H,8-9H2,1-3H3,(H,18,20)(H,19,21). The highest BCUT2D eigenvalue weighted by Crippen LogP contribution is 2.15. The van der Waals surface area contributed by atoms with Crippen LogP contribution in [0.5, 0.6) is 5.75 Å². The summed E-state index contributed by atoms with van der Waals surface area (Å²) in [6.45, 7) is 2.10. The average Bonchev–Trinajstić information content (AvgIpc) is 2.41. The van der Waals surface area contributed by atoms with Gasteiger partial charge in [0.25, 0.3) is 0 Å². The molecule has 0 radical (unpaired) electrons. The Kier molecular flexibility index (Phi) is 6.74. The van der Waals surface area contributed by atoms with Crippen molar-refractivity contribution in [1.82, 2.24) is 10.6 Å². The number of alkyl halides is 2. The van der Waals surface area contributed by atoms with Crippen LogP contribution in [0.4, 0.5) is 13.6 Å². The Labute approximate surface area is 133 Å². The van der Waals surface area contributed by atoms with Gasteiger partial charge in [0.2, 0.25) is 5.91 Å². The molecule has 0 aromatic heterocycles. The van der Waals surface area contributed by atoms with E-state index >= 15 is 0 Å². The first-order valence-electron chi connectivity index (χ1n) is 6.93. The first kappa shape index (κ1) is 18.7. The summed E-state index contributed by atoms with van der Waals surface area (Å²) in [5.74, 6) is -0.422. The summed E-state index contributed by atoms with van der Waals surface area (Å²) in [5, 5.41) is 4.86. The second kappa shape index (κ2) is 8.30. The zero-order chi connectivity index (χ0) is 17.5. The molecule has 1 aromatic carbocycles. The van der Waals surface area contributed by atoms with Crippen LogP contribution in [0.3, 0.4) is 0 Å². The fourth-order valence-electron chi connectivity index (χ4n) is 1.56. The predicted molar refractivity (Wildman–Crippen MR) is 79.2 cm³/mol. The van der Waals surface area contributed by atoms with Crippen molar-refractivity contribution in [2.45, 2.75) is 39.5 Å². The molecule has 0 aliphatic carbocycles. The van der Waals surface area contributed by atoms with Crippen molar-refractivity contribution in [1.29, 1.82) is 0 Å². The van der Waals surface area contributed by atoms with E-state index in [9.17, 15) is 18.4 Å². The van der Waals surface area contributed by atoms with Gasteiger partial charge in [0.1, 0.15) is 17.9 Å². The van der Waals surface area contributed by atoms with Gasteiger partial charge in [-0.2, -0.15) is 8.78 Å². The van der Waals surface area contributed by atoms with Gasteiger partial charge in [-0.3, -0.25) is 4.79 Å². The fourth-order valence-corrected chi connectivity index (χ4v) is 1.56. The number of rotatable bonds is 6. The highest BCUT2D eigenvalue weighted by Gasteiger charge is 2.16. The van der Waals surface area contributed by atoms with E-state index in [0.717, 1.165) is 0 Å². The number of nitrogens with one attached hydrogen (secondary N) is 2. The monoisotopic (exact) mass is 330 g/mol. The molecule has 0 heterocycles. The summed E-state index contributed by atoms with van der Waals surface area (Å²) in [4.78, 5) is 23.0. The third-order valence-electron chi connectivity index (χ3n) is 2.41. The summed E-state index contributed by atoms with van der Waals surface area (Å²) in [5.41, 5.74) is -0.0557. The number of halogens is 2. The van der Waals surface area contributed by atoms with E-state index in [1.54, 1.807) is 26.8 Å². The zero-order valence-electron chi connectivity index (χ0n) is 13.2. The number of alkyl carbamates (subject to hydrolysis) is 1. The van der Waals surface area contributed by atoms with Gasteiger partial charge in [-0.1, -0.05) is 12.1 Å². The lowest BCUT2D eigenvalue weighted by Gasteiger charge is -2.19. The van der Waals surface area contributed by atoms with Crippen molar-refractivity contribution in [2.75, 3.05) is 6.54 Å². The number of hydrogen-bond donors (Lipinski definition) is 2. The predicted octanol–water partition coefficient (Wildman–Crippen LogP) is 2.43. The SMILES string of the molecule is CC(C)(C)OC(=O)NCC(=O)NCc1cccc(OC(F)F)c1. The molecule has 0 fully saturated rings. The van der Waals surface area contributed by atoms with Gasteiger partial charge < -0.3 is 20.1 Å². The summed E-state index contributed by atoms with van der Waals surface area (Å²) in [6, 6.07) is 5.98. The molecule has 8 heteroatoms. The molecule has 1 rings (SSSR count). The second-order valence-corrected chi connectivity index (χ2v) is 5.66. The van der Waals surface area contributed by atoms with E-state index in [1.165, 1.54) is 18.2 Å². The Morgan fingerprint density at radius 3 is 2.52 bits per heavy atom. The van der Waals surface area contributed by atoms with Crippen molar-refractivity contribution in [3.63, 3.8) is 0 Å². The number of benzene rings is 1. The van der Waals surface area contributed by atoms with Gasteiger partial charge in [-0.25, -0.2) is 4.79 Å². The number of amides is 2. The molecule has 128 valence electrons. The van der Waals surface area contributed by atoms with Crippen LogP contribution in [0.2, 0.25) is 0 Å². The topological polar surface area (TPSA) is 76.7 Å². The molecular weight excluding hydrogens is 310 g/mol. The van der Waals surface area contributed by atoms with Crippen LogP contribution in [-0.4, -0.2) is 30.8 Å². The van der Waals surface area contributed by atoms with Crippen molar-refractivity contribution in [3.05, 3.63) is 29.8 Å². The number of carbonyl (C=O) groups is 2. The Morgan fingerprint density at radius 2 is 1.91 bits per heavy atom. The quantitative estimate of drug-likeness (QED) is 0.840. The molecule has 0 atom stereocenters. The van der Waals surface area contributed by atoms with Crippen molar-refractivity contribution in [2.24, 2.45) is 0 Å². The van der Waals surface area contributed by atoms with Crippen LogP contribution in [0.1, 0.15) is 26.3 Å². The minimum atomic E-state index is -2.90. The summed E-state index contributed by atoms with van der Waals surface area (Å²) >= 11 is 0. The van der Waals surface area contributed by atoms with E-state index in [-0.39, 0.29) is 18.8 Å². The van der Waals surface area contributed by atoms with Crippen LogP contribution < -0.4 is 15.4 Å². The first-order chi connectivity index (χ1) is 10.7. The van der Waals surface area contributed by atoms with Crippen molar-refractivity contribution >= 4 is 12.0 Å². The van der Waals surface area contributed by atoms with E-state index in [4.69, 9.17) is 4.74 Å². The van der Waals surface area contributed by atoms with Crippen LogP contribution in [-0.2, 0) is 16.1 Å². The highest BCUT2D eigenvalue weighted by atomic mass is 19.3. The minimum Gasteiger partial charge on any atom is -0.444 e. The third-order valence-corrected chi connectivity index (χ3v) is 2.41. The van der Waals surface area contributed by atoms with Gasteiger partial charge in [0.05, 0.1) is 0 Å². The largest absolute Gasteiger partial charge is 0.444 e. The lowest BCUT2D eigenvalue weighted by atomic mass is 10.2. The smallest absolute Gasteiger partial charge is 0.408 e. The number of ether oxygens (including phenoxy) is 2. The molecule has 2 amide bonds. The summed E-state index contributed by atoms with van der Waals surface area (Å²) < 4.78 is 33.5. The molecule has 0 unspecified atom stereocenters. The van der Waals surface area contributed by atoms with Gasteiger partial charge in [-0.15, -0.1) is 0 Å². The van der Waals surface area contributed by atoms with Crippen molar-refractivity contribution in [3.8, 4) is 5.75 Å². The molecule has 0 saturated heterocycles. The van der Waals surface area contributed by atoms with E-state index in [2.05, 4.69) is 15.4 Å². The normalized spacial score (nSPS) is 11.0. The first-order valence-corrected chi connectivity index (χ1v) is 6.93. The number of carbonyl (C=O) groups excluding carboxylic acids is 2. The molecule has 0 spiro atoms. The lowest BCUT2D eigenvalue weighted by molar-refractivity contribution is -0.120. The maximum Gasteiger partial charge on any atom is 0.408 e. The molecule has 23 heavy (non-hydrogen) atoms. The lowest BCUT2D eigenvalue weighted by Crippen LogP contribution is -2.39. The fraction of sp³-hybridized carbons (Fsp3) is 0.467. The molecule has 1 aromatic rings. The van der Waals surface area contributed by atoms with E-state index in [1.807, 2.05) is 0 Å². The van der Waals surface area contributed by atoms with Crippen molar-refractivity contribution < 1.29 is 27.8 Å². The molecule has 0 aliphatic heterocycles. The zero-order valence-corrected chi connectivity index (χ0v) is 13.2. The van der Waals surface area contributed by atoms with Gasteiger partial charge in [0, 0.05) is 6.54 Å². The second-order valence-electron chi connectivity index (χ2n) is 5.66. The molecule has 0 aliphatic rings. The van der Waals surface area contributed by atoms with Crippen LogP contribution in [0, 0.1) is 0 Å². The third kappa shape index (κ3) is 8.60. The van der Waals surface area contributed by atoms with Gasteiger partial charge in [0.15, 0.2) is 0 Å². The molecular formula is C15H20F2N2O4. The molecule has 2 N–H and O–H groups in total. The van der Waals surface area contributed by atoms with E-state index in [0.29, 0.717) is 5.56 Å². The average molecular weight is 330 g/mol. The van der Waals surface area contributed by atoms with E-state index < -0.39 is 24.2 Å². The van der Waals surface area contributed by atoms with Gasteiger partial charge >= 0.3 is 12.7 Å². The summed E-state index contributed by atoms with van der Waals surface area (Å²) in [7, 11) is 0.